The van der Waals surface area contributed by atoms with E-state index in [2.05, 4.69) is 29.3 Å². The number of nitrogens with one attached hydrogen (secondary N) is 1. The minimum absolute atomic E-state index is 0.0709. The molecule has 1 saturated heterocycles. The van der Waals surface area contributed by atoms with Gasteiger partial charge in [-0.3, -0.25) is 4.79 Å². The highest BCUT2D eigenvalue weighted by Gasteiger charge is 2.20. The van der Waals surface area contributed by atoms with Gasteiger partial charge in [0.15, 0.2) is 0 Å². The Balaban J connectivity index is 2.19. The Morgan fingerprint density at radius 2 is 2.14 bits per heavy atom. The molecule has 0 atom stereocenters. The molecule has 1 fully saturated rings. The molecule has 0 radical (unpaired) electrons. The molecule has 0 aliphatic carbocycles. The number of nitrogens with zero attached hydrogens (tertiary/aromatic N) is 3. The van der Waals surface area contributed by atoms with E-state index in [-0.39, 0.29) is 5.91 Å². The summed E-state index contributed by atoms with van der Waals surface area (Å²) in [6.45, 7) is 5.62. The van der Waals surface area contributed by atoms with Crippen LogP contribution in [0.15, 0.2) is 12.1 Å². The molecule has 116 valence electrons. The monoisotopic (exact) mass is 291 g/mol. The third-order valence-electron chi connectivity index (χ3n) is 3.79. The molecule has 1 aliphatic rings. The van der Waals surface area contributed by atoms with Gasteiger partial charge in [-0.2, -0.15) is 0 Å². The van der Waals surface area contributed by atoms with Crippen LogP contribution in [0.1, 0.15) is 35.8 Å². The quantitative estimate of drug-likeness (QED) is 0.642. The molecule has 1 aromatic rings. The van der Waals surface area contributed by atoms with Crippen molar-refractivity contribution in [3.63, 3.8) is 0 Å². The van der Waals surface area contributed by atoms with E-state index in [0.717, 1.165) is 51.1 Å². The minimum atomic E-state index is 0.0709. The van der Waals surface area contributed by atoms with Gasteiger partial charge in [0, 0.05) is 30.9 Å². The maximum absolute atomic E-state index is 12.7. The van der Waals surface area contributed by atoms with Gasteiger partial charge in [0.05, 0.1) is 0 Å². The molecule has 1 aromatic heterocycles. The highest BCUT2D eigenvalue weighted by atomic mass is 16.2. The molecule has 6 nitrogen and oxygen atoms in total. The predicted octanol–water partition coefficient (Wildman–Crippen LogP) is 1.10. The summed E-state index contributed by atoms with van der Waals surface area (Å²) in [6.07, 6.45) is 2.85. The van der Waals surface area contributed by atoms with Crippen LogP contribution < -0.4 is 11.3 Å². The summed E-state index contributed by atoms with van der Waals surface area (Å²) in [5.74, 6) is 6.08. The van der Waals surface area contributed by atoms with Gasteiger partial charge in [-0.1, -0.05) is 13.3 Å². The number of aromatic nitrogens is 1. The third kappa shape index (κ3) is 4.15. The number of likely N-dealkylation sites (N-methyl/N-ethyl adjacent to an activating group) is 1. The Labute approximate surface area is 126 Å². The first-order valence-corrected chi connectivity index (χ1v) is 7.59. The lowest BCUT2D eigenvalue weighted by Gasteiger charge is -2.21. The van der Waals surface area contributed by atoms with Crippen molar-refractivity contribution in [2.45, 2.75) is 26.2 Å². The van der Waals surface area contributed by atoms with E-state index in [1.807, 2.05) is 11.0 Å². The normalized spacial score (nSPS) is 16.6. The molecule has 1 amide bonds. The number of hydrogen-bond donors (Lipinski definition) is 2. The van der Waals surface area contributed by atoms with Gasteiger partial charge < -0.3 is 15.2 Å². The number of nitrogens with two attached hydrogens (primary N) is 1. The molecule has 6 heteroatoms. The topological polar surface area (TPSA) is 74.5 Å². The summed E-state index contributed by atoms with van der Waals surface area (Å²) in [4.78, 5) is 21.3. The van der Waals surface area contributed by atoms with E-state index < -0.39 is 0 Å². The maximum Gasteiger partial charge on any atom is 0.254 e. The van der Waals surface area contributed by atoms with E-state index in [1.165, 1.54) is 0 Å². The number of hydrazine groups is 1. The van der Waals surface area contributed by atoms with E-state index in [9.17, 15) is 4.79 Å². The lowest BCUT2D eigenvalue weighted by Crippen LogP contribution is -2.34. The fourth-order valence-electron chi connectivity index (χ4n) is 2.60. The Kier molecular flexibility index (Phi) is 5.52. The standard InChI is InChI=1S/C15H25N5O/c1-3-5-13-10-12(11-14(17-13)18-16)15(21)20-7-4-6-19(2)8-9-20/h10-11H,3-9,16H2,1-2H3,(H,17,18). The SMILES string of the molecule is CCCc1cc(C(=O)N2CCCN(C)CC2)cc(NN)n1. The number of pyridine rings is 1. The van der Waals surface area contributed by atoms with Crippen LogP contribution in [0.3, 0.4) is 0 Å². The number of anilines is 1. The molecule has 0 spiro atoms. The first-order valence-electron chi connectivity index (χ1n) is 7.59. The molecule has 0 bridgehead atoms. The summed E-state index contributed by atoms with van der Waals surface area (Å²) in [5.41, 5.74) is 4.13. The summed E-state index contributed by atoms with van der Waals surface area (Å²) < 4.78 is 0. The molecule has 3 N–H and O–H groups in total. The molecule has 1 aliphatic heterocycles. The van der Waals surface area contributed by atoms with Gasteiger partial charge in [0.25, 0.3) is 5.91 Å². The van der Waals surface area contributed by atoms with Gasteiger partial charge in [0.1, 0.15) is 5.82 Å². The zero-order chi connectivity index (χ0) is 15.2. The lowest BCUT2D eigenvalue weighted by molar-refractivity contribution is 0.0762. The van der Waals surface area contributed by atoms with Gasteiger partial charge in [0.2, 0.25) is 0 Å². The van der Waals surface area contributed by atoms with Crippen LogP contribution in [-0.4, -0.2) is 53.9 Å². The summed E-state index contributed by atoms with van der Waals surface area (Å²) in [7, 11) is 2.09. The van der Waals surface area contributed by atoms with Crippen molar-refractivity contribution in [1.29, 1.82) is 0 Å². The van der Waals surface area contributed by atoms with Crippen LogP contribution in [0.5, 0.6) is 0 Å². The summed E-state index contributed by atoms with van der Waals surface area (Å²) in [5, 5.41) is 0. The Morgan fingerprint density at radius 3 is 2.86 bits per heavy atom. The van der Waals surface area contributed by atoms with E-state index >= 15 is 0 Å². The molecular weight excluding hydrogens is 266 g/mol. The highest BCUT2D eigenvalue weighted by molar-refractivity contribution is 5.95. The lowest BCUT2D eigenvalue weighted by atomic mass is 10.1. The molecule has 2 heterocycles. The van der Waals surface area contributed by atoms with Crippen molar-refractivity contribution in [2.24, 2.45) is 5.84 Å². The zero-order valence-electron chi connectivity index (χ0n) is 12.9. The van der Waals surface area contributed by atoms with Crippen molar-refractivity contribution in [3.05, 3.63) is 23.4 Å². The van der Waals surface area contributed by atoms with Gasteiger partial charge in [-0.15, -0.1) is 0 Å². The number of carbonyl (C=O) groups excluding carboxylic acids is 1. The Hall–Kier alpha value is -1.66. The number of amides is 1. The highest BCUT2D eigenvalue weighted by Crippen LogP contribution is 2.15. The molecule has 2 rings (SSSR count). The van der Waals surface area contributed by atoms with Gasteiger partial charge >= 0.3 is 0 Å². The summed E-state index contributed by atoms with van der Waals surface area (Å²) in [6, 6.07) is 3.62. The van der Waals surface area contributed by atoms with E-state index in [1.54, 1.807) is 6.07 Å². The second kappa shape index (κ2) is 7.38. The Bertz CT molecular complexity index is 491. The van der Waals surface area contributed by atoms with Crippen LogP contribution in [0.25, 0.3) is 0 Å². The van der Waals surface area contributed by atoms with Crippen molar-refractivity contribution in [1.82, 2.24) is 14.8 Å². The Morgan fingerprint density at radius 1 is 1.33 bits per heavy atom. The van der Waals surface area contributed by atoms with Crippen molar-refractivity contribution < 1.29 is 4.79 Å². The number of hydrogen-bond acceptors (Lipinski definition) is 5. The fourth-order valence-corrected chi connectivity index (χ4v) is 2.60. The van der Waals surface area contributed by atoms with E-state index in [4.69, 9.17) is 5.84 Å². The van der Waals surface area contributed by atoms with Crippen molar-refractivity contribution >= 4 is 11.7 Å². The van der Waals surface area contributed by atoms with Crippen LogP contribution in [-0.2, 0) is 6.42 Å². The molecular formula is C15H25N5O. The third-order valence-corrected chi connectivity index (χ3v) is 3.79. The second-order valence-electron chi connectivity index (χ2n) is 5.58. The predicted molar refractivity (Wildman–Crippen MR) is 84.1 cm³/mol. The van der Waals surface area contributed by atoms with Crippen LogP contribution in [0.4, 0.5) is 5.82 Å². The first-order chi connectivity index (χ1) is 10.1. The molecule has 0 saturated carbocycles. The van der Waals surface area contributed by atoms with Crippen molar-refractivity contribution in [2.75, 3.05) is 38.7 Å². The van der Waals surface area contributed by atoms with Crippen molar-refractivity contribution in [3.8, 4) is 0 Å². The molecule has 21 heavy (non-hydrogen) atoms. The average molecular weight is 291 g/mol. The van der Waals surface area contributed by atoms with Crippen LogP contribution in [0, 0.1) is 0 Å². The van der Waals surface area contributed by atoms with Gasteiger partial charge in [-0.05, 0) is 38.6 Å². The van der Waals surface area contributed by atoms with Crippen LogP contribution >= 0.6 is 0 Å². The summed E-state index contributed by atoms with van der Waals surface area (Å²) >= 11 is 0. The number of carbonyl (C=O) groups is 1. The number of aryl methyl sites for hydroxylation is 1. The molecule has 0 aromatic carbocycles. The molecule has 0 unspecified atom stereocenters. The number of nitrogen functional groups attached to an aromatic ring is 1. The number of rotatable bonds is 4. The van der Waals surface area contributed by atoms with Crippen LogP contribution in [0.2, 0.25) is 0 Å². The first kappa shape index (κ1) is 15.7. The largest absolute Gasteiger partial charge is 0.337 e. The zero-order valence-corrected chi connectivity index (χ0v) is 12.9. The fraction of sp³-hybridized carbons (Fsp3) is 0.600. The van der Waals surface area contributed by atoms with E-state index in [0.29, 0.717) is 11.4 Å². The maximum atomic E-state index is 12.7. The smallest absolute Gasteiger partial charge is 0.254 e. The second-order valence-corrected chi connectivity index (χ2v) is 5.58. The average Bonchev–Trinajstić information content (AvgIpc) is 2.71. The van der Waals surface area contributed by atoms with Gasteiger partial charge in [-0.25, -0.2) is 10.8 Å². The minimum Gasteiger partial charge on any atom is -0.337 e.